The lowest BCUT2D eigenvalue weighted by atomic mass is 9.99. The molecule has 12 heavy (non-hydrogen) atoms. The Kier molecular flexibility index (Phi) is 2.10. The van der Waals surface area contributed by atoms with Crippen LogP contribution < -0.4 is 10.5 Å². The van der Waals surface area contributed by atoms with Crippen molar-refractivity contribution in [1.82, 2.24) is 9.78 Å². The number of nitrogens with two attached hydrogens (primary N) is 1. The normalized spacial score (nSPS) is 11.8. The molecule has 4 nitrogen and oxygen atoms in total. The van der Waals surface area contributed by atoms with Crippen molar-refractivity contribution in [2.45, 2.75) is 19.4 Å². The molecule has 1 aromatic rings. The van der Waals surface area contributed by atoms with Crippen LogP contribution in [0.2, 0.25) is 0 Å². The molecule has 0 aliphatic rings. The molecule has 0 radical (unpaired) electrons. The monoisotopic (exact) mass is 169 g/mol. The van der Waals surface area contributed by atoms with Crippen LogP contribution in [0, 0.1) is 0 Å². The van der Waals surface area contributed by atoms with E-state index in [0.717, 1.165) is 11.4 Å². The van der Waals surface area contributed by atoms with Crippen molar-refractivity contribution in [3.05, 3.63) is 11.8 Å². The van der Waals surface area contributed by atoms with E-state index in [4.69, 9.17) is 10.5 Å². The quantitative estimate of drug-likeness (QED) is 0.706. The van der Waals surface area contributed by atoms with Crippen molar-refractivity contribution >= 4 is 0 Å². The first-order chi connectivity index (χ1) is 5.46. The van der Waals surface area contributed by atoms with Gasteiger partial charge in [-0.2, -0.15) is 5.10 Å². The van der Waals surface area contributed by atoms with Crippen LogP contribution in [-0.2, 0) is 12.6 Å². The van der Waals surface area contributed by atoms with Gasteiger partial charge >= 0.3 is 0 Å². The van der Waals surface area contributed by atoms with E-state index in [0.29, 0.717) is 0 Å². The van der Waals surface area contributed by atoms with Crippen molar-refractivity contribution in [3.8, 4) is 5.88 Å². The van der Waals surface area contributed by atoms with Gasteiger partial charge in [0, 0.05) is 12.6 Å². The van der Waals surface area contributed by atoms with E-state index in [1.54, 1.807) is 18.0 Å². The molecule has 0 aliphatic heterocycles. The number of hydrogen-bond donors (Lipinski definition) is 1. The van der Waals surface area contributed by atoms with Crippen molar-refractivity contribution in [2.75, 3.05) is 7.11 Å². The molecule has 0 spiro atoms. The fourth-order valence-corrected chi connectivity index (χ4v) is 1.11. The first-order valence-corrected chi connectivity index (χ1v) is 3.82. The van der Waals surface area contributed by atoms with Gasteiger partial charge in [-0.1, -0.05) is 0 Å². The number of aromatic nitrogens is 2. The molecule has 0 unspecified atom stereocenters. The maximum absolute atomic E-state index is 5.91. The summed E-state index contributed by atoms with van der Waals surface area (Å²) in [6.45, 7) is 3.85. The number of ether oxygens (including phenoxy) is 1. The maximum Gasteiger partial charge on any atom is 0.216 e. The molecule has 68 valence electrons. The summed E-state index contributed by atoms with van der Waals surface area (Å²) in [6.07, 6.45) is 1.73. The van der Waals surface area contributed by atoms with Gasteiger partial charge in [0.2, 0.25) is 5.88 Å². The Hall–Kier alpha value is -1.03. The molecule has 1 heterocycles. The van der Waals surface area contributed by atoms with E-state index < -0.39 is 5.54 Å². The summed E-state index contributed by atoms with van der Waals surface area (Å²) >= 11 is 0. The maximum atomic E-state index is 5.91. The molecule has 4 heteroatoms. The van der Waals surface area contributed by atoms with Gasteiger partial charge in [-0.15, -0.1) is 0 Å². The van der Waals surface area contributed by atoms with Gasteiger partial charge in [-0.25, -0.2) is 4.68 Å². The average molecular weight is 169 g/mol. The highest BCUT2D eigenvalue weighted by atomic mass is 16.5. The third kappa shape index (κ3) is 1.43. The van der Waals surface area contributed by atoms with Gasteiger partial charge in [0.25, 0.3) is 0 Å². The van der Waals surface area contributed by atoms with Crippen LogP contribution in [-0.4, -0.2) is 16.9 Å². The minimum atomic E-state index is -0.403. The number of aryl methyl sites for hydroxylation is 1. The van der Waals surface area contributed by atoms with Crippen molar-refractivity contribution in [3.63, 3.8) is 0 Å². The summed E-state index contributed by atoms with van der Waals surface area (Å²) in [7, 11) is 3.44. The molecule has 0 amide bonds. The number of methoxy groups -OCH3 is 1. The largest absolute Gasteiger partial charge is 0.481 e. The molecular weight excluding hydrogens is 154 g/mol. The van der Waals surface area contributed by atoms with Crippen LogP contribution in [0.4, 0.5) is 0 Å². The standard InChI is InChI=1S/C8H15N3O/c1-8(2,9)6-5-10-11(3)7(6)12-4/h5H,9H2,1-4H3. The van der Waals surface area contributed by atoms with Crippen LogP contribution in [0.25, 0.3) is 0 Å². The Labute approximate surface area is 72.3 Å². The van der Waals surface area contributed by atoms with Crippen LogP contribution >= 0.6 is 0 Å². The van der Waals surface area contributed by atoms with Crippen LogP contribution in [0.1, 0.15) is 19.4 Å². The SMILES string of the molecule is COc1c(C(C)(C)N)cnn1C. The van der Waals surface area contributed by atoms with Crippen molar-refractivity contribution < 1.29 is 4.74 Å². The minimum Gasteiger partial charge on any atom is -0.481 e. The highest BCUT2D eigenvalue weighted by Gasteiger charge is 2.22. The van der Waals surface area contributed by atoms with Crippen LogP contribution in [0.15, 0.2) is 6.20 Å². The molecule has 1 aromatic heterocycles. The Bertz CT molecular complexity index is 272. The first-order valence-electron chi connectivity index (χ1n) is 3.82. The van der Waals surface area contributed by atoms with E-state index in [9.17, 15) is 0 Å². The summed E-state index contributed by atoms with van der Waals surface area (Å²) < 4.78 is 6.83. The summed E-state index contributed by atoms with van der Waals surface area (Å²) in [5.41, 5.74) is 6.43. The highest BCUT2D eigenvalue weighted by molar-refractivity contribution is 5.30. The molecule has 2 N–H and O–H groups in total. The zero-order chi connectivity index (χ0) is 9.35. The lowest BCUT2D eigenvalue weighted by Crippen LogP contribution is -2.28. The second-order valence-electron chi connectivity index (χ2n) is 3.41. The molecule has 0 fully saturated rings. The van der Waals surface area contributed by atoms with Crippen molar-refractivity contribution in [2.24, 2.45) is 12.8 Å². The Morgan fingerprint density at radius 1 is 1.58 bits per heavy atom. The van der Waals surface area contributed by atoms with E-state index in [1.807, 2.05) is 20.9 Å². The molecule has 0 aliphatic carbocycles. The van der Waals surface area contributed by atoms with Gasteiger partial charge in [0.05, 0.1) is 18.9 Å². The summed E-state index contributed by atoms with van der Waals surface area (Å²) in [4.78, 5) is 0. The second kappa shape index (κ2) is 2.79. The molecule has 0 saturated heterocycles. The Morgan fingerprint density at radius 2 is 2.17 bits per heavy atom. The van der Waals surface area contributed by atoms with Gasteiger partial charge in [-0.3, -0.25) is 0 Å². The highest BCUT2D eigenvalue weighted by Crippen LogP contribution is 2.26. The van der Waals surface area contributed by atoms with E-state index in [-0.39, 0.29) is 0 Å². The Morgan fingerprint density at radius 3 is 2.50 bits per heavy atom. The molecule has 0 atom stereocenters. The minimum absolute atomic E-state index is 0.403. The third-order valence-electron chi connectivity index (χ3n) is 1.77. The Balaban J connectivity index is 3.16. The summed E-state index contributed by atoms with van der Waals surface area (Å²) in [5, 5.41) is 4.07. The summed E-state index contributed by atoms with van der Waals surface area (Å²) in [6, 6.07) is 0. The summed E-state index contributed by atoms with van der Waals surface area (Å²) in [5.74, 6) is 0.725. The lowest BCUT2D eigenvalue weighted by molar-refractivity contribution is 0.359. The van der Waals surface area contributed by atoms with Gasteiger partial charge in [-0.05, 0) is 13.8 Å². The zero-order valence-corrected chi connectivity index (χ0v) is 7.96. The molecule has 0 saturated carbocycles. The van der Waals surface area contributed by atoms with Gasteiger partial charge in [0.15, 0.2) is 0 Å². The van der Waals surface area contributed by atoms with Crippen LogP contribution in [0.5, 0.6) is 5.88 Å². The van der Waals surface area contributed by atoms with E-state index in [2.05, 4.69) is 5.10 Å². The van der Waals surface area contributed by atoms with Crippen molar-refractivity contribution in [1.29, 1.82) is 0 Å². The zero-order valence-electron chi connectivity index (χ0n) is 7.96. The fourth-order valence-electron chi connectivity index (χ4n) is 1.11. The van der Waals surface area contributed by atoms with Crippen LogP contribution in [0.3, 0.4) is 0 Å². The first kappa shape index (κ1) is 9.06. The number of nitrogens with zero attached hydrogens (tertiary/aromatic N) is 2. The number of rotatable bonds is 2. The predicted octanol–water partition coefficient (Wildman–Crippen LogP) is 0.622. The average Bonchev–Trinajstić information content (AvgIpc) is 2.29. The molecule has 0 bridgehead atoms. The topological polar surface area (TPSA) is 53.1 Å². The van der Waals surface area contributed by atoms with Gasteiger partial charge in [0.1, 0.15) is 0 Å². The molecular formula is C8H15N3O. The number of hydrogen-bond acceptors (Lipinski definition) is 3. The molecule has 1 rings (SSSR count). The predicted molar refractivity (Wildman–Crippen MR) is 47.0 cm³/mol. The van der Waals surface area contributed by atoms with Gasteiger partial charge < -0.3 is 10.5 Å². The van der Waals surface area contributed by atoms with E-state index >= 15 is 0 Å². The second-order valence-corrected chi connectivity index (χ2v) is 3.41. The lowest BCUT2D eigenvalue weighted by Gasteiger charge is -2.17. The fraction of sp³-hybridized carbons (Fsp3) is 0.625. The molecule has 0 aromatic carbocycles. The smallest absolute Gasteiger partial charge is 0.216 e. The third-order valence-corrected chi connectivity index (χ3v) is 1.77. The van der Waals surface area contributed by atoms with E-state index in [1.165, 1.54) is 0 Å².